The number of aromatic hydroxyl groups is 15. The zero-order valence-electron chi connectivity index (χ0n) is 80.0. The maximum Gasteiger partial charge on any atom is 0.315 e. The van der Waals surface area contributed by atoms with Crippen LogP contribution in [0.3, 0.4) is 0 Å². The van der Waals surface area contributed by atoms with Crippen molar-refractivity contribution in [3.05, 3.63) is 233 Å². The molecule has 14 rings (SSSR count). The van der Waals surface area contributed by atoms with Gasteiger partial charge in [-0.2, -0.15) is 0 Å². The zero-order chi connectivity index (χ0) is 107. The molecule has 0 bridgehead atoms. The third-order valence-electron chi connectivity index (χ3n) is 20.6. The molecule has 18 N–H and O–H groups in total. The number of phenolic OH excluding ortho intramolecular Hbond substituents is 15. The van der Waals surface area contributed by atoms with Crippen LogP contribution in [-0.4, -0.2) is 209 Å². The first-order valence-electron chi connectivity index (χ1n) is 44.0. The van der Waals surface area contributed by atoms with E-state index in [4.69, 9.17) is 47.4 Å². The number of benzene rings is 10. The number of ketones is 8. The van der Waals surface area contributed by atoms with Crippen molar-refractivity contribution in [2.45, 2.75) is 196 Å². The van der Waals surface area contributed by atoms with E-state index in [1.807, 2.05) is 13.8 Å². The maximum absolute atomic E-state index is 12.9. The van der Waals surface area contributed by atoms with Crippen molar-refractivity contribution in [2.24, 2.45) is 0 Å². The first kappa shape index (κ1) is 111. The van der Waals surface area contributed by atoms with Crippen LogP contribution in [-0.2, 0) is 23.9 Å². The van der Waals surface area contributed by atoms with Gasteiger partial charge in [-0.05, 0) is 217 Å². The van der Waals surface area contributed by atoms with Crippen LogP contribution >= 0.6 is 0 Å². The summed E-state index contributed by atoms with van der Waals surface area (Å²) in [6.45, 7) is 25.9. The van der Waals surface area contributed by atoms with Crippen LogP contribution in [0.5, 0.6) is 138 Å². The van der Waals surface area contributed by atoms with Crippen LogP contribution in [0.2, 0.25) is 0 Å². The molecular weight excluding hydrogens is 1890 g/mol. The van der Waals surface area contributed by atoms with Crippen LogP contribution in [0.15, 0.2) is 157 Å². The highest BCUT2D eigenvalue weighted by Gasteiger charge is 2.46. The molecule has 0 radical (unpaired) electrons. The summed E-state index contributed by atoms with van der Waals surface area (Å²) in [6, 6.07) is 30.7. The van der Waals surface area contributed by atoms with Gasteiger partial charge in [-0.15, -0.1) is 0 Å². The number of carbonyl (C=O) groups excluding carboxylic acids is 8. The van der Waals surface area contributed by atoms with Crippen molar-refractivity contribution >= 4 is 69.8 Å². The lowest BCUT2D eigenvalue weighted by molar-refractivity contribution is -0.386. The number of fused-ring (bicyclic) bond motifs is 4. The standard InChI is InChI=1S/4C18H18O7.2C15H17NO6/c1-8(2)24-13-5-9(3-4-11(13)20)18-17(23)16(22)15-12(21)6-10(19)7-14(15)25-18;1-8(2)24-10-6-13(21)15-14(7-10)25-18(17(23)16(15)22)9-3-4-11(19)12(20)5-9;1-8(2)24-13-6-10(19)7-14-15(13)16(22)17(23)18(25-14)9-3-4-11(20)12(21)5-9;1-8(2)24-18-16(23)15-13(22)6-10(19)7-14(15)25-17(18)9-3-4-11(20)12(21)5-9;1-8(2)22-14-7-11(5-12(9(3)17)10(4)18)6-13(15(14)19)16(20)21;1-8(2)22-15-13(16(20)21)6-11(7-14(15)19)5-12(9(3)17)10(4)18/h3*3-8,17-21,23H,1-2H3;3-8,17-22H,1-2H3;2*5-8,19H,1-4H3. The van der Waals surface area contributed by atoms with Gasteiger partial charge in [0.05, 0.1) is 57.6 Å². The molecule has 10 aromatic carbocycles. The number of aliphatic hydroxyl groups is 3. The highest BCUT2D eigenvalue weighted by Crippen LogP contribution is 2.51. The molecule has 4 heterocycles. The van der Waals surface area contributed by atoms with E-state index in [0.717, 1.165) is 24.3 Å². The molecule has 0 saturated carbocycles. The summed E-state index contributed by atoms with van der Waals surface area (Å²) < 4.78 is 55.6. The van der Waals surface area contributed by atoms with Gasteiger partial charge in [-0.25, -0.2) is 0 Å². The SMILES string of the molecule is CC(=O)C(=Cc1cc(O)c(OC(C)C)c([N+](=O)[O-])c1)C(C)=O.CC(=O)C(=Cc1cc(OC(C)C)c(O)c([N+](=O)[O-])c1)C(C)=O.CC(C)OC1C(=O)c2c(O)cc(O)cc2OC1c1ccc(O)c(O)c1.CC(C)Oc1cc(C2Oc3cc(O)cc(O)c3C(=O)C2O)ccc1O.CC(C)Oc1cc(O)c2c(c1)OC(c1ccc(O)c(O)c1)C(O)C2=O.CC(C)Oc1cc(O)cc2c1C(=O)C(O)C(c1ccc(O)c(O)c1)O2. The third kappa shape index (κ3) is 26.9. The third-order valence-corrected chi connectivity index (χ3v) is 20.6. The monoisotopic (exact) mass is 2000 g/mol. The van der Waals surface area contributed by atoms with Gasteiger partial charge in [0.1, 0.15) is 91.2 Å². The number of carbonyl (C=O) groups is 8. The van der Waals surface area contributed by atoms with Gasteiger partial charge in [0.25, 0.3) is 0 Å². The van der Waals surface area contributed by atoms with Gasteiger partial charge < -0.3 is 139 Å². The van der Waals surface area contributed by atoms with Crippen molar-refractivity contribution in [3.8, 4) is 138 Å². The Bertz CT molecular complexity index is 6580. The van der Waals surface area contributed by atoms with Crippen molar-refractivity contribution in [1.82, 2.24) is 0 Å². The fourth-order valence-corrected chi connectivity index (χ4v) is 14.5. The largest absolute Gasteiger partial charge is 0.508 e. The normalized spacial score (nSPS) is 16.6. The average molecular weight is 2000 g/mol. The zero-order valence-corrected chi connectivity index (χ0v) is 80.0. The van der Waals surface area contributed by atoms with Crippen molar-refractivity contribution in [3.63, 3.8) is 0 Å². The van der Waals surface area contributed by atoms with Gasteiger partial charge in [0.15, 0.2) is 129 Å². The molecule has 0 aromatic heterocycles. The molecule has 8 unspecified atom stereocenters. The van der Waals surface area contributed by atoms with Crippen molar-refractivity contribution in [1.29, 1.82) is 0 Å². The van der Waals surface area contributed by atoms with Gasteiger partial charge in [-0.1, -0.05) is 24.3 Å². The maximum atomic E-state index is 12.9. The number of hydrogen-bond donors (Lipinski definition) is 18. The summed E-state index contributed by atoms with van der Waals surface area (Å²) >= 11 is 0. The topological polar surface area (TPSA) is 679 Å². The van der Waals surface area contributed by atoms with E-state index in [2.05, 4.69) is 0 Å². The molecule has 8 atom stereocenters. The lowest BCUT2D eigenvalue weighted by atomic mass is 9.92. The fraction of sp³-hybridized carbons (Fsp3) is 0.294. The van der Waals surface area contributed by atoms with Crippen LogP contribution in [0.25, 0.3) is 12.2 Å². The summed E-state index contributed by atoms with van der Waals surface area (Å²) in [6.07, 6.45) is -9.02. The molecule has 42 heteroatoms. The Hall–Kier alpha value is -17.1. The minimum atomic E-state index is -1.57. The smallest absolute Gasteiger partial charge is 0.315 e. The number of aliphatic hydroxyl groups excluding tert-OH is 3. The van der Waals surface area contributed by atoms with Gasteiger partial charge in [-0.3, -0.25) is 58.6 Å². The molecule has 764 valence electrons. The molecule has 144 heavy (non-hydrogen) atoms. The van der Waals surface area contributed by atoms with E-state index < -0.39 is 151 Å². The van der Waals surface area contributed by atoms with Crippen LogP contribution in [0, 0.1) is 20.2 Å². The summed E-state index contributed by atoms with van der Waals surface area (Å²) in [5.74, 6) is -9.00. The van der Waals surface area contributed by atoms with E-state index in [9.17, 15) is 151 Å². The number of Topliss-reactive ketones (excluding diaryl/α,β-unsaturated/α-hetero) is 8. The molecule has 4 aliphatic heterocycles. The molecule has 42 nitrogen and oxygen atoms in total. The Morgan fingerprint density at radius 3 is 1.05 bits per heavy atom. The van der Waals surface area contributed by atoms with E-state index in [1.165, 1.54) is 161 Å². The Morgan fingerprint density at radius 2 is 0.653 bits per heavy atom. The molecular formula is C102H106N2O40. The number of ether oxygens (including phenoxy) is 10. The first-order valence-corrected chi connectivity index (χ1v) is 44.0. The predicted molar refractivity (Wildman–Crippen MR) is 509 cm³/mol. The summed E-state index contributed by atoms with van der Waals surface area (Å²) in [4.78, 5) is 117. The van der Waals surface area contributed by atoms with Crippen molar-refractivity contribution in [2.75, 3.05) is 0 Å². The second-order valence-corrected chi connectivity index (χ2v) is 34.3. The second kappa shape index (κ2) is 46.8. The summed E-state index contributed by atoms with van der Waals surface area (Å²) in [5.41, 5.74) is 0.298. The molecule has 4 aliphatic rings. The Balaban J connectivity index is 0.000000193. The number of allylic oxidation sites excluding steroid dienone is 2. The van der Waals surface area contributed by atoms with Crippen LogP contribution in [0.4, 0.5) is 11.4 Å². The van der Waals surface area contributed by atoms with E-state index in [1.54, 1.807) is 69.2 Å². The minimum Gasteiger partial charge on any atom is -0.508 e. The van der Waals surface area contributed by atoms with Gasteiger partial charge in [0.2, 0.25) is 34.6 Å². The second-order valence-electron chi connectivity index (χ2n) is 34.3. The highest BCUT2D eigenvalue weighted by atomic mass is 16.6. The number of nitro groups is 2. The van der Waals surface area contributed by atoms with Gasteiger partial charge in [0, 0.05) is 60.7 Å². The minimum absolute atomic E-state index is 0.0173. The van der Waals surface area contributed by atoms with E-state index in [0.29, 0.717) is 28.0 Å². The Labute approximate surface area is 820 Å². The van der Waals surface area contributed by atoms with Crippen LogP contribution in [0.1, 0.15) is 210 Å². The molecule has 0 aliphatic carbocycles. The van der Waals surface area contributed by atoms with Crippen LogP contribution < -0.4 is 42.6 Å². The lowest BCUT2D eigenvalue weighted by Gasteiger charge is -2.34. The average Bonchev–Trinajstić information content (AvgIpc) is 0.765. The van der Waals surface area contributed by atoms with Gasteiger partial charge >= 0.3 is 11.4 Å². The first-order chi connectivity index (χ1) is 67.4. The Morgan fingerprint density at radius 1 is 0.319 bits per heavy atom. The molecule has 0 spiro atoms. The number of nitro benzene ring substituents is 2. The van der Waals surface area contributed by atoms with E-state index in [-0.39, 0.29) is 179 Å². The quantitative estimate of drug-likeness (QED) is 0.00667. The highest BCUT2D eigenvalue weighted by molar-refractivity contribution is 6.22. The summed E-state index contributed by atoms with van der Waals surface area (Å²) in [7, 11) is 0. The fourth-order valence-electron chi connectivity index (χ4n) is 14.5. The van der Waals surface area contributed by atoms with Crippen molar-refractivity contribution < 1.29 is 187 Å². The molecule has 0 amide bonds. The molecule has 10 aromatic rings. The summed E-state index contributed by atoms with van der Waals surface area (Å²) in [5, 5.41) is 199. The molecule has 0 saturated heterocycles. The number of phenols is 15. The number of nitrogens with zero attached hydrogens (tertiary/aromatic N) is 2. The molecule has 0 fully saturated rings. The Kier molecular flexibility index (Phi) is 35.9. The number of hydrogen-bond acceptors (Lipinski definition) is 40. The predicted octanol–water partition coefficient (Wildman–Crippen LogP) is 14.7. The van der Waals surface area contributed by atoms with E-state index >= 15 is 0 Å². The lowest BCUT2D eigenvalue weighted by Crippen LogP contribution is -2.40. The number of rotatable bonds is 24.